The van der Waals surface area contributed by atoms with Crippen LogP contribution in [-0.2, 0) is 9.59 Å². The van der Waals surface area contributed by atoms with Crippen LogP contribution in [0.2, 0.25) is 5.02 Å². The second-order valence-corrected chi connectivity index (χ2v) is 8.22. The van der Waals surface area contributed by atoms with Crippen molar-refractivity contribution in [3.63, 3.8) is 0 Å². The van der Waals surface area contributed by atoms with Gasteiger partial charge in [0.25, 0.3) is 0 Å². The maximum Gasteiger partial charge on any atom is 0.335 e. The third-order valence-electron chi connectivity index (χ3n) is 5.78. The number of ether oxygens (including phenoxy) is 1. The second-order valence-electron chi connectivity index (χ2n) is 7.81. The molecule has 4 aromatic rings. The summed E-state index contributed by atoms with van der Waals surface area (Å²) in [6, 6.07) is 5.00. The molecule has 1 saturated heterocycles. The van der Waals surface area contributed by atoms with Crippen LogP contribution in [0.3, 0.4) is 0 Å². The summed E-state index contributed by atoms with van der Waals surface area (Å²) in [5.41, 5.74) is 0.160. The highest BCUT2D eigenvalue weighted by atomic mass is 35.5. The fourth-order valence-corrected chi connectivity index (χ4v) is 4.37. The van der Waals surface area contributed by atoms with Crippen LogP contribution < -0.4 is 4.74 Å². The summed E-state index contributed by atoms with van der Waals surface area (Å²) in [4.78, 5) is 29.3. The lowest BCUT2D eigenvalue weighted by Crippen LogP contribution is -2.50. The molecule has 1 amide bonds. The van der Waals surface area contributed by atoms with Crippen molar-refractivity contribution in [2.24, 2.45) is 0 Å². The smallest absolute Gasteiger partial charge is 0.335 e. The van der Waals surface area contributed by atoms with Crippen LogP contribution >= 0.6 is 11.6 Å². The van der Waals surface area contributed by atoms with E-state index in [9.17, 15) is 14.0 Å². The molecule has 1 fully saturated rings. The zero-order chi connectivity index (χ0) is 24.9. The number of amides is 1. The van der Waals surface area contributed by atoms with Gasteiger partial charge in [0.2, 0.25) is 5.91 Å². The van der Waals surface area contributed by atoms with Gasteiger partial charge >= 0.3 is 5.97 Å². The number of benzene rings is 2. The highest BCUT2D eigenvalue weighted by Gasteiger charge is 2.33. The number of carbonyl (C=O) groups is 2. The molecule has 1 aliphatic heterocycles. The van der Waals surface area contributed by atoms with Crippen molar-refractivity contribution < 1.29 is 23.1 Å². The van der Waals surface area contributed by atoms with Crippen LogP contribution in [0, 0.1) is 11.6 Å². The summed E-state index contributed by atoms with van der Waals surface area (Å²) in [5.74, 6) is -3.00. The van der Waals surface area contributed by atoms with Crippen molar-refractivity contribution >= 4 is 45.4 Å². The molecule has 2 aromatic carbocycles. The Morgan fingerprint density at radius 1 is 1.17 bits per heavy atom. The highest BCUT2D eigenvalue weighted by molar-refractivity contribution is 6.34. The molecule has 176 valence electrons. The molecule has 8 nitrogen and oxygen atoms in total. The van der Waals surface area contributed by atoms with E-state index in [-0.39, 0.29) is 39.4 Å². The van der Waals surface area contributed by atoms with Crippen LogP contribution in [0.25, 0.3) is 33.1 Å². The third-order valence-corrected chi connectivity index (χ3v) is 6.08. The Balaban J connectivity index is 1.68. The number of esters is 1. The van der Waals surface area contributed by atoms with Crippen LogP contribution in [0.5, 0.6) is 5.75 Å². The Morgan fingerprint density at radius 2 is 1.94 bits per heavy atom. The predicted molar refractivity (Wildman–Crippen MR) is 125 cm³/mol. The molecule has 2 aromatic heterocycles. The van der Waals surface area contributed by atoms with E-state index < -0.39 is 17.6 Å². The standard InChI is InChI=1S/C24H16ClF2N5O3/c1-3-18(33)31-10-12(11-31)32-24-13-8-14(25)20(22(27)23(13)28-9-16(24)29-30-32)21-15(26)6-5-7-17(21)35-19(34)4-2/h3-9,12H,1-2,10-11H2. The van der Waals surface area contributed by atoms with Crippen molar-refractivity contribution in [1.82, 2.24) is 24.9 Å². The predicted octanol–water partition coefficient (Wildman–Crippen LogP) is 4.24. The fourth-order valence-electron chi connectivity index (χ4n) is 4.08. The first kappa shape index (κ1) is 22.6. The summed E-state index contributed by atoms with van der Waals surface area (Å²) in [5, 5.41) is 8.46. The summed E-state index contributed by atoms with van der Waals surface area (Å²) >= 11 is 6.48. The number of halogens is 3. The summed E-state index contributed by atoms with van der Waals surface area (Å²) < 4.78 is 37.5. The van der Waals surface area contributed by atoms with Gasteiger partial charge in [-0.25, -0.2) is 18.3 Å². The topological polar surface area (TPSA) is 90.2 Å². The minimum absolute atomic E-state index is 0.0944. The van der Waals surface area contributed by atoms with Crippen LogP contribution in [-0.4, -0.2) is 49.8 Å². The number of rotatable bonds is 5. The first-order valence-corrected chi connectivity index (χ1v) is 10.8. The van der Waals surface area contributed by atoms with Gasteiger partial charge in [0.15, 0.2) is 5.82 Å². The average molecular weight is 496 g/mol. The minimum Gasteiger partial charge on any atom is -0.423 e. The number of carbonyl (C=O) groups excluding carboxylic acids is 2. The molecular formula is C24H16ClF2N5O3. The molecule has 0 aliphatic carbocycles. The van der Waals surface area contributed by atoms with E-state index in [2.05, 4.69) is 28.5 Å². The third kappa shape index (κ3) is 3.62. The van der Waals surface area contributed by atoms with Gasteiger partial charge in [0, 0.05) is 30.1 Å². The Hall–Kier alpha value is -4.18. The van der Waals surface area contributed by atoms with Crippen molar-refractivity contribution in [1.29, 1.82) is 0 Å². The van der Waals surface area contributed by atoms with Crippen molar-refractivity contribution in [3.8, 4) is 16.9 Å². The van der Waals surface area contributed by atoms with E-state index in [4.69, 9.17) is 16.3 Å². The maximum atomic E-state index is 15.9. The van der Waals surface area contributed by atoms with E-state index >= 15 is 4.39 Å². The minimum atomic E-state index is -0.903. The fraction of sp³-hybridized carbons (Fsp3) is 0.125. The first-order chi connectivity index (χ1) is 16.8. The number of likely N-dealkylation sites (tertiary alicyclic amines) is 1. The van der Waals surface area contributed by atoms with E-state index in [0.29, 0.717) is 29.5 Å². The molecule has 1 aliphatic rings. The molecule has 0 unspecified atom stereocenters. The van der Waals surface area contributed by atoms with Crippen LogP contribution in [0.1, 0.15) is 6.04 Å². The quantitative estimate of drug-likeness (QED) is 0.234. The van der Waals surface area contributed by atoms with Gasteiger partial charge in [-0.05, 0) is 24.3 Å². The van der Waals surface area contributed by atoms with Crippen LogP contribution in [0.15, 0.2) is 55.8 Å². The Kier molecular flexibility index (Phi) is 5.52. The molecule has 0 saturated carbocycles. The lowest BCUT2D eigenvalue weighted by molar-refractivity contribution is -0.131. The normalized spacial score (nSPS) is 13.6. The van der Waals surface area contributed by atoms with Gasteiger partial charge < -0.3 is 9.64 Å². The number of nitrogens with zero attached hydrogens (tertiary/aromatic N) is 5. The Morgan fingerprint density at radius 3 is 2.66 bits per heavy atom. The molecule has 11 heteroatoms. The number of hydrogen-bond acceptors (Lipinski definition) is 6. The zero-order valence-electron chi connectivity index (χ0n) is 18.0. The molecule has 35 heavy (non-hydrogen) atoms. The zero-order valence-corrected chi connectivity index (χ0v) is 18.8. The lowest BCUT2D eigenvalue weighted by Gasteiger charge is -2.38. The molecule has 0 radical (unpaired) electrons. The molecular weight excluding hydrogens is 480 g/mol. The van der Waals surface area contributed by atoms with Gasteiger partial charge in [-0.15, -0.1) is 5.10 Å². The first-order valence-electron chi connectivity index (χ1n) is 10.4. The summed E-state index contributed by atoms with van der Waals surface area (Å²) in [6.07, 6.45) is 3.49. The van der Waals surface area contributed by atoms with Crippen molar-refractivity contribution in [2.45, 2.75) is 6.04 Å². The summed E-state index contributed by atoms with van der Waals surface area (Å²) in [6.45, 7) is 7.56. The lowest BCUT2D eigenvalue weighted by atomic mass is 10.00. The number of pyridine rings is 1. The maximum absolute atomic E-state index is 15.9. The second kappa shape index (κ2) is 8.55. The highest BCUT2D eigenvalue weighted by Crippen LogP contribution is 2.42. The summed E-state index contributed by atoms with van der Waals surface area (Å²) in [7, 11) is 0. The average Bonchev–Trinajstić information content (AvgIpc) is 3.23. The van der Waals surface area contributed by atoms with E-state index in [1.165, 1.54) is 30.5 Å². The van der Waals surface area contributed by atoms with Gasteiger partial charge in [0.05, 0.1) is 22.8 Å². The van der Waals surface area contributed by atoms with Crippen molar-refractivity contribution in [2.75, 3.05) is 13.1 Å². The van der Waals surface area contributed by atoms with Gasteiger partial charge in [-0.1, -0.05) is 36.0 Å². The molecule has 5 rings (SSSR count). The largest absolute Gasteiger partial charge is 0.423 e. The molecule has 0 bridgehead atoms. The molecule has 0 spiro atoms. The molecule has 3 heterocycles. The number of aromatic nitrogens is 4. The van der Waals surface area contributed by atoms with Crippen molar-refractivity contribution in [3.05, 3.63) is 72.4 Å². The van der Waals surface area contributed by atoms with Crippen LogP contribution in [0.4, 0.5) is 8.78 Å². The Labute approximate surface area is 202 Å². The van der Waals surface area contributed by atoms with Gasteiger partial charge in [-0.2, -0.15) is 0 Å². The monoisotopic (exact) mass is 495 g/mol. The number of fused-ring (bicyclic) bond motifs is 3. The molecule has 0 N–H and O–H groups in total. The van der Waals surface area contributed by atoms with Gasteiger partial charge in [-0.3, -0.25) is 9.78 Å². The Bertz CT molecular complexity index is 1560. The van der Waals surface area contributed by atoms with Gasteiger partial charge in [0.1, 0.15) is 28.1 Å². The van der Waals surface area contributed by atoms with E-state index in [1.807, 2.05) is 0 Å². The number of hydrogen-bond donors (Lipinski definition) is 0. The van der Waals surface area contributed by atoms with E-state index in [1.54, 1.807) is 9.58 Å². The van der Waals surface area contributed by atoms with E-state index in [0.717, 1.165) is 12.1 Å². The SMILES string of the molecule is C=CC(=O)Oc1cccc(F)c1-c1c(Cl)cc2c(ncc3nnn(C4CN(C(=O)C=C)C4)c32)c1F. The molecule has 0 atom stereocenters.